The van der Waals surface area contributed by atoms with Crippen molar-refractivity contribution in [3.63, 3.8) is 0 Å². The maximum atomic E-state index is 12.8. The molecule has 30 heavy (non-hydrogen) atoms. The zero-order chi connectivity index (χ0) is 22.9. The number of amides is 3. The lowest BCUT2D eigenvalue weighted by Gasteiger charge is -2.27. The van der Waals surface area contributed by atoms with Crippen molar-refractivity contribution < 1.29 is 14.4 Å². The summed E-state index contributed by atoms with van der Waals surface area (Å²) in [5, 5.41) is 5.37. The summed E-state index contributed by atoms with van der Waals surface area (Å²) < 4.78 is 0. The van der Waals surface area contributed by atoms with Gasteiger partial charge in [0, 0.05) is 18.7 Å². The molecule has 1 aromatic rings. The maximum absolute atomic E-state index is 12.8. The van der Waals surface area contributed by atoms with Gasteiger partial charge in [-0.2, -0.15) is 0 Å². The van der Waals surface area contributed by atoms with E-state index in [4.69, 9.17) is 0 Å². The summed E-state index contributed by atoms with van der Waals surface area (Å²) in [6.45, 7) is 14.9. The molecule has 2 N–H and O–H groups in total. The summed E-state index contributed by atoms with van der Waals surface area (Å²) in [5.74, 6) is -0.140. The van der Waals surface area contributed by atoms with Gasteiger partial charge < -0.3 is 15.5 Å². The Balaban J connectivity index is 2.55. The van der Waals surface area contributed by atoms with Crippen LogP contribution in [0.15, 0.2) is 24.3 Å². The van der Waals surface area contributed by atoms with Crippen molar-refractivity contribution in [2.24, 2.45) is 17.3 Å². The average molecular weight is 418 g/mol. The Morgan fingerprint density at radius 3 is 2.13 bits per heavy atom. The van der Waals surface area contributed by atoms with Gasteiger partial charge in [-0.15, -0.1) is 0 Å². The van der Waals surface area contributed by atoms with Gasteiger partial charge in [-0.25, -0.2) is 0 Å². The van der Waals surface area contributed by atoms with E-state index in [-0.39, 0.29) is 48.1 Å². The first-order valence-corrected chi connectivity index (χ1v) is 10.8. The first kappa shape index (κ1) is 25.7. The monoisotopic (exact) mass is 417 g/mol. The van der Waals surface area contributed by atoms with Gasteiger partial charge in [-0.05, 0) is 42.7 Å². The van der Waals surface area contributed by atoms with Crippen LogP contribution in [0.4, 0.5) is 5.69 Å². The SMILES string of the molecule is Cc1ccc(NC(=O)CNC(=O)CN(CC(C)C)C(=O)C[C@H](C)CC(C)(C)C)cc1. The largest absolute Gasteiger partial charge is 0.345 e. The fourth-order valence-electron chi connectivity index (χ4n) is 3.49. The zero-order valence-corrected chi connectivity index (χ0v) is 19.7. The molecular formula is C24H39N3O3. The minimum Gasteiger partial charge on any atom is -0.345 e. The second-order valence-electron chi connectivity index (χ2n) is 9.93. The van der Waals surface area contributed by atoms with Crippen molar-refractivity contribution in [2.75, 3.05) is 25.0 Å². The standard InChI is InChI=1S/C24H39N3O3/c1-17(2)15-27(23(30)12-19(4)13-24(5,6)7)16-22(29)25-14-21(28)26-20-10-8-18(3)9-11-20/h8-11,17,19H,12-16H2,1-7H3,(H,25,29)(H,26,28)/t19-/m0/s1. The van der Waals surface area contributed by atoms with Crippen LogP contribution in [0, 0.1) is 24.2 Å². The van der Waals surface area contributed by atoms with Gasteiger partial charge in [0.1, 0.15) is 0 Å². The number of hydrogen-bond acceptors (Lipinski definition) is 3. The van der Waals surface area contributed by atoms with Gasteiger partial charge in [0.2, 0.25) is 17.7 Å². The minimum absolute atomic E-state index is 0.0142. The molecule has 0 saturated heterocycles. The Labute approximate surface area is 181 Å². The van der Waals surface area contributed by atoms with E-state index in [1.807, 2.05) is 45.0 Å². The predicted octanol–water partition coefficient (Wildman–Crippen LogP) is 4.00. The number of anilines is 1. The molecule has 0 bridgehead atoms. The quantitative estimate of drug-likeness (QED) is 0.604. The van der Waals surface area contributed by atoms with Crippen molar-refractivity contribution in [3.05, 3.63) is 29.8 Å². The molecule has 0 unspecified atom stereocenters. The van der Waals surface area contributed by atoms with Gasteiger partial charge in [-0.3, -0.25) is 14.4 Å². The number of aryl methyl sites for hydroxylation is 1. The zero-order valence-electron chi connectivity index (χ0n) is 19.7. The lowest BCUT2D eigenvalue weighted by molar-refractivity contribution is -0.137. The highest BCUT2D eigenvalue weighted by molar-refractivity contribution is 5.95. The molecule has 0 aliphatic heterocycles. The molecule has 0 spiro atoms. The average Bonchev–Trinajstić information content (AvgIpc) is 2.59. The van der Waals surface area contributed by atoms with E-state index in [9.17, 15) is 14.4 Å². The molecule has 1 aromatic carbocycles. The fraction of sp³-hybridized carbons (Fsp3) is 0.625. The van der Waals surface area contributed by atoms with Gasteiger partial charge in [0.05, 0.1) is 13.1 Å². The van der Waals surface area contributed by atoms with Crippen LogP contribution in [0.25, 0.3) is 0 Å². The summed E-state index contributed by atoms with van der Waals surface area (Å²) in [6, 6.07) is 7.45. The van der Waals surface area contributed by atoms with Crippen LogP contribution in [0.3, 0.4) is 0 Å². The molecule has 6 heteroatoms. The lowest BCUT2D eigenvalue weighted by atomic mass is 9.84. The van der Waals surface area contributed by atoms with Crippen molar-refractivity contribution >= 4 is 23.4 Å². The van der Waals surface area contributed by atoms with Crippen LogP contribution >= 0.6 is 0 Å². The number of rotatable bonds is 10. The number of hydrogen-bond donors (Lipinski definition) is 2. The first-order chi connectivity index (χ1) is 13.9. The molecule has 0 aliphatic rings. The molecule has 6 nitrogen and oxygen atoms in total. The number of nitrogens with one attached hydrogen (secondary N) is 2. The topological polar surface area (TPSA) is 78.5 Å². The molecular weight excluding hydrogens is 378 g/mol. The van der Waals surface area contributed by atoms with E-state index < -0.39 is 0 Å². The second-order valence-corrected chi connectivity index (χ2v) is 9.93. The van der Waals surface area contributed by atoms with Crippen LogP contribution in [0.2, 0.25) is 0 Å². The molecule has 0 aromatic heterocycles. The van der Waals surface area contributed by atoms with Gasteiger partial charge in [-0.1, -0.05) is 59.2 Å². The van der Waals surface area contributed by atoms with E-state index in [0.29, 0.717) is 18.7 Å². The second kappa shape index (κ2) is 11.7. The number of nitrogens with zero attached hydrogens (tertiary/aromatic N) is 1. The highest BCUT2D eigenvalue weighted by Gasteiger charge is 2.23. The Bertz CT molecular complexity index is 705. The van der Waals surface area contributed by atoms with Crippen LogP contribution in [-0.4, -0.2) is 42.3 Å². The first-order valence-electron chi connectivity index (χ1n) is 10.8. The van der Waals surface area contributed by atoms with Crippen LogP contribution in [0.1, 0.15) is 59.9 Å². The Morgan fingerprint density at radius 1 is 1.00 bits per heavy atom. The van der Waals surface area contributed by atoms with Crippen molar-refractivity contribution in [3.8, 4) is 0 Å². The van der Waals surface area contributed by atoms with Gasteiger partial charge in [0.15, 0.2) is 0 Å². The minimum atomic E-state index is -0.327. The summed E-state index contributed by atoms with van der Waals surface area (Å²) in [4.78, 5) is 38.8. The van der Waals surface area contributed by atoms with E-state index >= 15 is 0 Å². The van der Waals surface area contributed by atoms with Gasteiger partial charge in [0.25, 0.3) is 0 Å². The summed E-state index contributed by atoms with van der Waals surface area (Å²) in [7, 11) is 0. The fourth-order valence-corrected chi connectivity index (χ4v) is 3.49. The molecule has 3 amide bonds. The highest BCUT2D eigenvalue weighted by atomic mass is 16.2. The normalized spacial score (nSPS) is 12.4. The molecule has 0 fully saturated rings. The molecule has 1 rings (SSSR count). The van der Waals surface area contributed by atoms with E-state index in [1.165, 1.54) is 0 Å². The lowest BCUT2D eigenvalue weighted by Crippen LogP contribution is -2.44. The molecule has 0 radical (unpaired) electrons. The third-order valence-electron chi connectivity index (χ3n) is 4.54. The third kappa shape index (κ3) is 11.0. The van der Waals surface area contributed by atoms with Crippen LogP contribution in [-0.2, 0) is 14.4 Å². The molecule has 1 atom stereocenters. The van der Waals surface area contributed by atoms with Gasteiger partial charge >= 0.3 is 0 Å². The van der Waals surface area contributed by atoms with Crippen molar-refractivity contribution in [1.82, 2.24) is 10.2 Å². The van der Waals surface area contributed by atoms with Crippen molar-refractivity contribution in [1.29, 1.82) is 0 Å². The van der Waals surface area contributed by atoms with Crippen LogP contribution in [0.5, 0.6) is 0 Å². The number of carbonyl (C=O) groups excluding carboxylic acids is 3. The molecule has 0 heterocycles. The molecule has 168 valence electrons. The smallest absolute Gasteiger partial charge is 0.243 e. The Kier molecular flexibility index (Phi) is 10.0. The van der Waals surface area contributed by atoms with Crippen LogP contribution < -0.4 is 10.6 Å². The molecule has 0 saturated carbocycles. The van der Waals surface area contributed by atoms with E-state index in [2.05, 4.69) is 38.3 Å². The third-order valence-corrected chi connectivity index (χ3v) is 4.54. The van der Waals surface area contributed by atoms with Crippen molar-refractivity contribution in [2.45, 2.75) is 61.3 Å². The molecule has 0 aliphatic carbocycles. The highest BCUT2D eigenvalue weighted by Crippen LogP contribution is 2.26. The van der Waals surface area contributed by atoms with E-state index in [0.717, 1.165) is 12.0 Å². The predicted molar refractivity (Wildman–Crippen MR) is 122 cm³/mol. The summed E-state index contributed by atoms with van der Waals surface area (Å²) in [5.41, 5.74) is 1.95. The number of carbonyl (C=O) groups is 3. The number of benzene rings is 1. The summed E-state index contributed by atoms with van der Waals surface area (Å²) in [6.07, 6.45) is 1.37. The van der Waals surface area contributed by atoms with E-state index in [1.54, 1.807) is 4.90 Å². The Hall–Kier alpha value is -2.37. The Morgan fingerprint density at radius 2 is 1.60 bits per heavy atom. The summed E-state index contributed by atoms with van der Waals surface area (Å²) >= 11 is 0. The maximum Gasteiger partial charge on any atom is 0.243 e.